The van der Waals surface area contributed by atoms with Crippen LogP contribution in [0, 0.1) is 17.7 Å². The predicted molar refractivity (Wildman–Crippen MR) is 129 cm³/mol. The lowest BCUT2D eigenvalue weighted by Gasteiger charge is -2.35. The number of amides is 2. The van der Waals surface area contributed by atoms with Gasteiger partial charge in [0, 0.05) is 41.4 Å². The van der Waals surface area contributed by atoms with Crippen LogP contribution in [0.25, 0.3) is 0 Å². The summed E-state index contributed by atoms with van der Waals surface area (Å²) in [7, 11) is 0. The van der Waals surface area contributed by atoms with Gasteiger partial charge in [-0.1, -0.05) is 23.7 Å². The number of carbonyl (C=O) groups excluding carboxylic acids is 2. The molecule has 0 aromatic heterocycles. The minimum Gasteiger partial charge on any atom is -0.410 e. The van der Waals surface area contributed by atoms with E-state index < -0.39 is 17.4 Å². The van der Waals surface area contributed by atoms with Crippen LogP contribution in [0.5, 0.6) is 5.75 Å². The highest BCUT2D eigenvalue weighted by Crippen LogP contribution is 2.40. The molecule has 2 atom stereocenters. The van der Waals surface area contributed by atoms with E-state index in [1.807, 2.05) is 43.0 Å². The van der Waals surface area contributed by atoms with Crippen molar-refractivity contribution >= 4 is 23.6 Å². The zero-order chi connectivity index (χ0) is 24.3. The lowest BCUT2D eigenvalue weighted by atomic mass is 9.77. The summed E-state index contributed by atoms with van der Waals surface area (Å²) < 4.78 is 18.5. The average molecular weight is 488 g/mol. The quantitative estimate of drug-likeness (QED) is 0.647. The summed E-state index contributed by atoms with van der Waals surface area (Å²) in [4.78, 5) is 28.0. The first-order valence-corrected chi connectivity index (χ1v) is 12.1. The number of hydrogen-bond donors (Lipinski definition) is 2. The third-order valence-corrected chi connectivity index (χ3v) is 7.25. The van der Waals surface area contributed by atoms with Crippen molar-refractivity contribution in [2.24, 2.45) is 11.8 Å². The summed E-state index contributed by atoms with van der Waals surface area (Å²) in [5.74, 6) is 0.0728. The minimum atomic E-state index is -0.676. The number of ether oxygens (including phenoxy) is 1. The summed E-state index contributed by atoms with van der Waals surface area (Å²) in [6.07, 6.45) is 1.07. The van der Waals surface area contributed by atoms with E-state index in [9.17, 15) is 14.0 Å². The Bertz CT molecular complexity index is 1010. The molecule has 0 aliphatic carbocycles. The monoisotopic (exact) mass is 487 g/mol. The maximum absolute atomic E-state index is 13.3. The van der Waals surface area contributed by atoms with Crippen LogP contribution in [0.15, 0.2) is 48.5 Å². The molecule has 2 aliphatic heterocycles. The zero-order valence-corrected chi connectivity index (χ0v) is 20.3. The van der Waals surface area contributed by atoms with Gasteiger partial charge in [0.15, 0.2) is 0 Å². The van der Waals surface area contributed by atoms with Gasteiger partial charge in [-0.05, 0) is 81.7 Å². The number of hydrogen-bond acceptors (Lipinski definition) is 4. The molecule has 0 bridgehead atoms. The van der Waals surface area contributed by atoms with Gasteiger partial charge < -0.3 is 20.3 Å². The van der Waals surface area contributed by atoms with Crippen LogP contribution in [0.1, 0.15) is 38.2 Å². The van der Waals surface area contributed by atoms with E-state index >= 15 is 0 Å². The van der Waals surface area contributed by atoms with E-state index in [0.29, 0.717) is 18.1 Å². The molecular formula is C26H31ClFN3O3. The first-order valence-electron chi connectivity index (χ1n) is 11.7. The highest BCUT2D eigenvalue weighted by molar-refractivity contribution is 6.30. The lowest BCUT2D eigenvalue weighted by molar-refractivity contribution is -0.135. The largest absolute Gasteiger partial charge is 0.413 e. The third-order valence-electron chi connectivity index (χ3n) is 6.99. The summed E-state index contributed by atoms with van der Waals surface area (Å²) in [6.45, 7) is 6.75. The van der Waals surface area contributed by atoms with Gasteiger partial charge >= 0.3 is 6.09 Å². The Balaban J connectivity index is 1.52. The van der Waals surface area contributed by atoms with Gasteiger partial charge in [-0.25, -0.2) is 9.18 Å². The van der Waals surface area contributed by atoms with Crippen molar-refractivity contribution in [3.8, 4) is 5.75 Å². The summed E-state index contributed by atoms with van der Waals surface area (Å²) in [5.41, 5.74) is 0.404. The second kappa shape index (κ2) is 10.3. The van der Waals surface area contributed by atoms with Gasteiger partial charge in [0.2, 0.25) is 5.91 Å². The lowest BCUT2D eigenvalue weighted by Crippen LogP contribution is -2.52. The first kappa shape index (κ1) is 24.5. The van der Waals surface area contributed by atoms with Crippen molar-refractivity contribution < 1.29 is 18.7 Å². The van der Waals surface area contributed by atoms with Crippen molar-refractivity contribution in [1.29, 1.82) is 0 Å². The van der Waals surface area contributed by atoms with Crippen LogP contribution in [-0.2, 0) is 4.79 Å². The third kappa shape index (κ3) is 5.70. The normalized spacial score (nSPS) is 21.4. The molecule has 2 N–H and O–H groups in total. The van der Waals surface area contributed by atoms with Crippen LogP contribution in [-0.4, -0.2) is 48.6 Å². The van der Waals surface area contributed by atoms with Crippen molar-refractivity contribution in [2.45, 2.75) is 38.1 Å². The van der Waals surface area contributed by atoms with E-state index in [2.05, 4.69) is 10.6 Å². The highest BCUT2D eigenvalue weighted by atomic mass is 35.5. The number of benzene rings is 2. The van der Waals surface area contributed by atoms with E-state index in [4.69, 9.17) is 16.3 Å². The van der Waals surface area contributed by atoms with Crippen molar-refractivity contribution in [2.75, 3.05) is 26.2 Å². The fraction of sp³-hybridized carbons (Fsp3) is 0.462. The van der Waals surface area contributed by atoms with E-state index in [1.54, 1.807) is 0 Å². The van der Waals surface area contributed by atoms with Crippen LogP contribution in [0.4, 0.5) is 9.18 Å². The molecule has 2 amide bonds. The number of piperidine rings is 1. The van der Waals surface area contributed by atoms with E-state index in [-0.39, 0.29) is 29.4 Å². The van der Waals surface area contributed by atoms with Gasteiger partial charge in [-0.15, -0.1) is 0 Å². The summed E-state index contributed by atoms with van der Waals surface area (Å²) >= 11 is 6.11. The smallest absolute Gasteiger partial charge is 0.410 e. The molecule has 0 unspecified atom stereocenters. The molecule has 0 radical (unpaired) electrons. The predicted octanol–water partition coefficient (Wildman–Crippen LogP) is 4.59. The molecule has 34 heavy (non-hydrogen) atoms. The number of nitrogens with one attached hydrogen (secondary N) is 2. The Morgan fingerprint density at radius 1 is 1.06 bits per heavy atom. The van der Waals surface area contributed by atoms with Gasteiger partial charge in [0.05, 0.1) is 0 Å². The van der Waals surface area contributed by atoms with E-state index in [0.717, 1.165) is 31.5 Å². The van der Waals surface area contributed by atoms with Gasteiger partial charge in [-0.2, -0.15) is 0 Å². The van der Waals surface area contributed by atoms with Crippen molar-refractivity contribution in [1.82, 2.24) is 15.5 Å². The molecule has 2 saturated heterocycles. The molecule has 4 rings (SSSR count). The molecule has 2 aliphatic rings. The summed E-state index contributed by atoms with van der Waals surface area (Å²) in [6, 6.07) is 13.0. The Morgan fingerprint density at radius 2 is 1.71 bits per heavy atom. The first-order chi connectivity index (χ1) is 16.2. The van der Waals surface area contributed by atoms with E-state index in [1.165, 1.54) is 24.3 Å². The van der Waals surface area contributed by atoms with Gasteiger partial charge in [0.25, 0.3) is 0 Å². The van der Waals surface area contributed by atoms with Gasteiger partial charge in [-0.3, -0.25) is 4.79 Å². The molecule has 6 nitrogen and oxygen atoms in total. The van der Waals surface area contributed by atoms with Crippen molar-refractivity contribution in [3.05, 3.63) is 64.9 Å². The maximum atomic E-state index is 13.3. The van der Waals surface area contributed by atoms with Crippen LogP contribution in [0.3, 0.4) is 0 Å². The Morgan fingerprint density at radius 3 is 2.35 bits per heavy atom. The van der Waals surface area contributed by atoms with Crippen molar-refractivity contribution in [3.63, 3.8) is 0 Å². The number of nitrogens with zero attached hydrogens (tertiary/aromatic N) is 1. The number of carbonyl (C=O) groups is 2. The highest BCUT2D eigenvalue weighted by Gasteiger charge is 2.46. The second-order valence-corrected chi connectivity index (χ2v) is 10.2. The molecule has 8 heteroatoms. The minimum absolute atomic E-state index is 0.0315. The second-order valence-electron chi connectivity index (χ2n) is 9.72. The molecule has 2 aromatic rings. The standard InChI is InChI=1S/C26H31ClFN3O3/c1-26(2,30-25(33)34-21-9-7-20(28)8-10-21)23-16-31(24(32)18-11-13-29-14-12-18)15-22(23)17-3-5-19(27)6-4-17/h3-10,18,22-23,29H,11-16H2,1-2H3,(H,30,33)/t22-,23+/m0/s1. The van der Waals surface area contributed by atoms with Gasteiger partial charge in [0.1, 0.15) is 11.6 Å². The van der Waals surface area contributed by atoms with Crippen LogP contribution < -0.4 is 15.4 Å². The molecule has 2 heterocycles. The molecule has 0 saturated carbocycles. The number of likely N-dealkylation sites (tertiary alicyclic amines) is 1. The average Bonchev–Trinajstić information content (AvgIpc) is 3.27. The molecular weight excluding hydrogens is 457 g/mol. The SMILES string of the molecule is CC(C)(NC(=O)Oc1ccc(F)cc1)[C@@H]1CN(C(=O)C2CCNCC2)C[C@H]1c1ccc(Cl)cc1. The molecule has 0 spiro atoms. The molecule has 2 fully saturated rings. The fourth-order valence-electron chi connectivity index (χ4n) is 5.08. The Hall–Kier alpha value is -2.64. The summed E-state index contributed by atoms with van der Waals surface area (Å²) in [5, 5.41) is 6.95. The molecule has 182 valence electrons. The number of halogens is 2. The van der Waals surface area contributed by atoms with Crippen LogP contribution >= 0.6 is 11.6 Å². The van der Waals surface area contributed by atoms with Crippen LogP contribution in [0.2, 0.25) is 5.02 Å². The molecule has 2 aromatic carbocycles. The Kier molecular flexibility index (Phi) is 7.43. The topological polar surface area (TPSA) is 70.7 Å². The Labute approximate surface area is 204 Å². The number of rotatable bonds is 5. The zero-order valence-electron chi connectivity index (χ0n) is 19.5. The maximum Gasteiger partial charge on any atom is 0.413 e. The fourth-order valence-corrected chi connectivity index (χ4v) is 5.21.